The highest BCUT2D eigenvalue weighted by Gasteiger charge is 2.36. The van der Waals surface area contributed by atoms with E-state index in [4.69, 9.17) is 14.2 Å². The van der Waals surface area contributed by atoms with E-state index in [2.05, 4.69) is 5.32 Å². The summed E-state index contributed by atoms with van der Waals surface area (Å²) in [4.78, 5) is 27.5. The summed E-state index contributed by atoms with van der Waals surface area (Å²) in [6.07, 6.45) is 0.603. The molecule has 172 valence electrons. The van der Waals surface area contributed by atoms with E-state index in [-0.39, 0.29) is 5.91 Å². The lowest BCUT2D eigenvalue weighted by molar-refractivity contribution is -0.127. The van der Waals surface area contributed by atoms with Gasteiger partial charge in [0.25, 0.3) is 0 Å². The minimum absolute atomic E-state index is 0.189. The number of carbonyl (C=O) groups excluding carboxylic acids is 2. The fraction of sp³-hybridized carbons (Fsp3) is 0.440. The smallest absolute Gasteiger partial charge is 0.411 e. The summed E-state index contributed by atoms with van der Waals surface area (Å²) >= 11 is 0. The first-order valence-electron chi connectivity index (χ1n) is 10.8. The van der Waals surface area contributed by atoms with E-state index in [1.807, 2.05) is 63.2 Å². The molecule has 0 spiro atoms. The quantitative estimate of drug-likeness (QED) is 0.741. The average Bonchev–Trinajstić information content (AvgIpc) is 2.76. The number of benzene rings is 2. The van der Waals surface area contributed by atoms with Crippen LogP contribution in [0.3, 0.4) is 0 Å². The van der Waals surface area contributed by atoms with Crippen LogP contribution < -0.4 is 14.8 Å². The maximum absolute atomic E-state index is 13.1. The molecule has 1 aliphatic rings. The molecule has 7 heteroatoms. The summed E-state index contributed by atoms with van der Waals surface area (Å²) in [7, 11) is 3.19. The number of carbonyl (C=O) groups is 2. The molecule has 1 heterocycles. The standard InChI is InChI=1S/C25H32N2O5/c1-25(2,3)32-24(29)27-16-19-9-7-6-8-18(19)15-20(27)23(28)26-13-12-17-10-11-21(30-4)22(14-17)31-5/h6-11,14,20H,12-13,15-16H2,1-5H3,(H,26,28)/t20-/m0/s1. The van der Waals surface area contributed by atoms with Crippen LogP contribution in [0.25, 0.3) is 0 Å². The lowest BCUT2D eigenvalue weighted by atomic mass is 9.93. The molecule has 1 N–H and O–H groups in total. The molecule has 0 saturated heterocycles. The number of ether oxygens (including phenoxy) is 3. The normalized spacial score (nSPS) is 15.5. The summed E-state index contributed by atoms with van der Waals surface area (Å²) in [6.45, 7) is 6.25. The molecule has 3 rings (SSSR count). The second kappa shape index (κ2) is 9.94. The molecule has 0 saturated carbocycles. The van der Waals surface area contributed by atoms with Crippen LogP contribution in [0.15, 0.2) is 42.5 Å². The van der Waals surface area contributed by atoms with Crippen LogP contribution in [0, 0.1) is 0 Å². The minimum atomic E-state index is -0.636. The van der Waals surface area contributed by atoms with Gasteiger partial charge in [0.15, 0.2) is 11.5 Å². The summed E-state index contributed by atoms with van der Waals surface area (Å²) < 4.78 is 16.2. The molecule has 32 heavy (non-hydrogen) atoms. The van der Waals surface area contributed by atoms with Crippen LogP contribution in [0.2, 0.25) is 0 Å². The van der Waals surface area contributed by atoms with Gasteiger partial charge in [0.05, 0.1) is 20.8 Å². The molecule has 0 unspecified atom stereocenters. The van der Waals surface area contributed by atoms with Gasteiger partial charge < -0.3 is 19.5 Å². The van der Waals surface area contributed by atoms with E-state index in [1.165, 1.54) is 4.90 Å². The zero-order valence-electron chi connectivity index (χ0n) is 19.4. The molecule has 2 amide bonds. The van der Waals surface area contributed by atoms with Crippen molar-refractivity contribution in [1.82, 2.24) is 10.2 Å². The van der Waals surface area contributed by atoms with Crippen LogP contribution in [-0.4, -0.2) is 49.3 Å². The molecule has 0 radical (unpaired) electrons. The van der Waals surface area contributed by atoms with Crippen LogP contribution in [0.4, 0.5) is 4.79 Å². The topological polar surface area (TPSA) is 77.1 Å². The minimum Gasteiger partial charge on any atom is -0.493 e. The number of amides is 2. The second-order valence-corrected chi connectivity index (χ2v) is 8.83. The molecule has 2 aromatic rings. The third-order valence-corrected chi connectivity index (χ3v) is 5.34. The fourth-order valence-corrected chi connectivity index (χ4v) is 3.75. The Morgan fingerprint density at radius 3 is 2.38 bits per heavy atom. The Morgan fingerprint density at radius 2 is 1.72 bits per heavy atom. The molecule has 0 bridgehead atoms. The van der Waals surface area contributed by atoms with E-state index < -0.39 is 17.7 Å². The Hall–Kier alpha value is -3.22. The van der Waals surface area contributed by atoms with Crippen molar-refractivity contribution < 1.29 is 23.8 Å². The van der Waals surface area contributed by atoms with Gasteiger partial charge in [0, 0.05) is 13.0 Å². The molecule has 0 aliphatic carbocycles. The van der Waals surface area contributed by atoms with Crippen molar-refractivity contribution in [2.45, 2.75) is 51.8 Å². The van der Waals surface area contributed by atoms with Crippen molar-refractivity contribution in [3.63, 3.8) is 0 Å². The summed E-state index contributed by atoms with van der Waals surface area (Å²) in [6, 6.07) is 12.9. The van der Waals surface area contributed by atoms with Crippen molar-refractivity contribution in [1.29, 1.82) is 0 Å². The SMILES string of the molecule is COc1ccc(CCNC(=O)[C@@H]2Cc3ccccc3CN2C(=O)OC(C)(C)C)cc1OC. The van der Waals surface area contributed by atoms with Gasteiger partial charge in [0.1, 0.15) is 11.6 Å². The maximum Gasteiger partial charge on any atom is 0.411 e. The highest BCUT2D eigenvalue weighted by Crippen LogP contribution is 2.28. The number of fused-ring (bicyclic) bond motifs is 1. The number of rotatable bonds is 6. The molecule has 0 fully saturated rings. The maximum atomic E-state index is 13.1. The van der Waals surface area contributed by atoms with E-state index in [0.29, 0.717) is 37.4 Å². The van der Waals surface area contributed by atoms with Crippen LogP contribution >= 0.6 is 0 Å². The molecule has 7 nitrogen and oxygen atoms in total. The van der Waals surface area contributed by atoms with Gasteiger partial charge in [0.2, 0.25) is 5.91 Å². The van der Waals surface area contributed by atoms with Gasteiger partial charge in [-0.05, 0) is 56.0 Å². The Morgan fingerprint density at radius 1 is 1.03 bits per heavy atom. The van der Waals surface area contributed by atoms with Gasteiger partial charge in [-0.2, -0.15) is 0 Å². The molecule has 2 aromatic carbocycles. The highest BCUT2D eigenvalue weighted by molar-refractivity contribution is 5.86. The van der Waals surface area contributed by atoms with Gasteiger partial charge in [-0.1, -0.05) is 30.3 Å². The van der Waals surface area contributed by atoms with Gasteiger partial charge in [-0.15, -0.1) is 0 Å². The fourth-order valence-electron chi connectivity index (χ4n) is 3.75. The van der Waals surface area contributed by atoms with Crippen LogP contribution in [-0.2, 0) is 28.9 Å². The summed E-state index contributed by atoms with van der Waals surface area (Å²) in [5.41, 5.74) is 2.49. The molecular formula is C25H32N2O5. The van der Waals surface area contributed by atoms with Crippen molar-refractivity contribution in [2.75, 3.05) is 20.8 Å². The first-order valence-corrected chi connectivity index (χ1v) is 10.8. The number of hydrogen-bond acceptors (Lipinski definition) is 5. The highest BCUT2D eigenvalue weighted by atomic mass is 16.6. The Balaban J connectivity index is 1.69. The predicted octanol–water partition coefficient (Wildman–Crippen LogP) is 3.72. The number of hydrogen-bond donors (Lipinski definition) is 1. The van der Waals surface area contributed by atoms with Gasteiger partial charge in [-0.25, -0.2) is 4.79 Å². The lowest BCUT2D eigenvalue weighted by Crippen LogP contribution is -2.53. The molecule has 1 aliphatic heterocycles. The number of nitrogens with one attached hydrogen (secondary N) is 1. The first-order chi connectivity index (χ1) is 15.2. The van der Waals surface area contributed by atoms with E-state index >= 15 is 0 Å². The number of nitrogens with zero attached hydrogens (tertiary/aromatic N) is 1. The third-order valence-electron chi connectivity index (χ3n) is 5.34. The lowest BCUT2D eigenvalue weighted by Gasteiger charge is -2.36. The van der Waals surface area contributed by atoms with Crippen molar-refractivity contribution in [3.8, 4) is 11.5 Å². The van der Waals surface area contributed by atoms with E-state index in [1.54, 1.807) is 14.2 Å². The first kappa shape index (κ1) is 23.4. The van der Waals surface area contributed by atoms with E-state index in [9.17, 15) is 9.59 Å². The van der Waals surface area contributed by atoms with Crippen LogP contribution in [0.1, 0.15) is 37.5 Å². The average molecular weight is 441 g/mol. The monoisotopic (exact) mass is 440 g/mol. The summed E-state index contributed by atoms with van der Waals surface area (Å²) in [5.74, 6) is 1.12. The zero-order chi connectivity index (χ0) is 23.3. The largest absolute Gasteiger partial charge is 0.493 e. The van der Waals surface area contributed by atoms with Crippen molar-refractivity contribution in [2.24, 2.45) is 0 Å². The Labute approximate surface area is 189 Å². The third kappa shape index (κ3) is 5.72. The van der Waals surface area contributed by atoms with Crippen molar-refractivity contribution >= 4 is 12.0 Å². The molecular weight excluding hydrogens is 408 g/mol. The number of methoxy groups -OCH3 is 2. The van der Waals surface area contributed by atoms with E-state index in [0.717, 1.165) is 16.7 Å². The summed E-state index contributed by atoms with van der Waals surface area (Å²) in [5, 5.41) is 2.98. The van der Waals surface area contributed by atoms with Gasteiger partial charge >= 0.3 is 6.09 Å². The Kier molecular flexibility index (Phi) is 7.28. The van der Waals surface area contributed by atoms with Crippen LogP contribution in [0.5, 0.6) is 11.5 Å². The molecule has 1 atom stereocenters. The van der Waals surface area contributed by atoms with Crippen molar-refractivity contribution in [3.05, 3.63) is 59.2 Å². The Bertz CT molecular complexity index is 967. The molecule has 0 aromatic heterocycles. The zero-order valence-corrected chi connectivity index (χ0v) is 19.4. The second-order valence-electron chi connectivity index (χ2n) is 8.83. The predicted molar refractivity (Wildman–Crippen MR) is 122 cm³/mol. The van der Waals surface area contributed by atoms with Gasteiger partial charge in [-0.3, -0.25) is 9.69 Å².